The van der Waals surface area contributed by atoms with E-state index >= 15 is 0 Å². The number of hydrogen-bond acceptors (Lipinski definition) is 4. The summed E-state index contributed by atoms with van der Waals surface area (Å²) in [4.78, 5) is 0. The third-order valence-corrected chi connectivity index (χ3v) is 2.09. The van der Waals surface area contributed by atoms with Gasteiger partial charge in [0.1, 0.15) is 12.1 Å². The van der Waals surface area contributed by atoms with Crippen LogP contribution < -0.4 is 5.32 Å². The molecule has 4 heteroatoms. The van der Waals surface area contributed by atoms with Gasteiger partial charge in [-0.15, -0.1) is 0 Å². The summed E-state index contributed by atoms with van der Waals surface area (Å²) in [5.74, 6) is -0.0961. The monoisotopic (exact) mass is 210 g/mol. The van der Waals surface area contributed by atoms with E-state index in [1.807, 2.05) is 19.1 Å². The van der Waals surface area contributed by atoms with Crippen LogP contribution in [0.25, 0.3) is 0 Å². The summed E-state index contributed by atoms with van der Waals surface area (Å²) >= 11 is 0. The van der Waals surface area contributed by atoms with Crippen molar-refractivity contribution >= 4 is 5.69 Å². The maximum atomic E-state index is 8.82. The lowest BCUT2D eigenvalue weighted by molar-refractivity contribution is 0.786. The molecule has 0 bridgehead atoms. The Bertz CT molecular complexity index is 499. The highest BCUT2D eigenvalue weighted by molar-refractivity contribution is 5.56. The zero-order chi connectivity index (χ0) is 12.0. The van der Waals surface area contributed by atoms with E-state index in [2.05, 4.69) is 11.4 Å². The van der Waals surface area contributed by atoms with E-state index in [1.54, 1.807) is 18.2 Å². The Labute approximate surface area is 94.3 Å². The van der Waals surface area contributed by atoms with E-state index in [4.69, 9.17) is 15.8 Å². The molecule has 78 valence electrons. The molecule has 0 aliphatic heterocycles. The first-order chi connectivity index (χ1) is 7.71. The van der Waals surface area contributed by atoms with Gasteiger partial charge in [-0.05, 0) is 25.1 Å². The molecule has 16 heavy (non-hydrogen) atoms. The van der Waals surface area contributed by atoms with Gasteiger partial charge in [-0.25, -0.2) is 0 Å². The quantitative estimate of drug-likeness (QED) is 0.826. The topological polar surface area (TPSA) is 83.4 Å². The highest BCUT2D eigenvalue weighted by Crippen LogP contribution is 2.14. The molecule has 0 aliphatic carbocycles. The highest BCUT2D eigenvalue weighted by atomic mass is 14.9. The van der Waals surface area contributed by atoms with Crippen LogP contribution in [0.15, 0.2) is 18.2 Å². The van der Waals surface area contributed by atoms with Gasteiger partial charge in [0.15, 0.2) is 0 Å². The van der Waals surface area contributed by atoms with Crippen LogP contribution in [-0.4, -0.2) is 6.54 Å². The average Bonchev–Trinajstić information content (AvgIpc) is 2.35. The molecule has 0 amide bonds. The number of anilines is 1. The van der Waals surface area contributed by atoms with Crippen LogP contribution in [0.1, 0.15) is 18.1 Å². The summed E-state index contributed by atoms with van der Waals surface area (Å²) < 4.78 is 0. The Morgan fingerprint density at radius 2 is 1.88 bits per heavy atom. The third kappa shape index (κ3) is 2.74. The van der Waals surface area contributed by atoms with Gasteiger partial charge in [0.2, 0.25) is 0 Å². The van der Waals surface area contributed by atoms with Crippen molar-refractivity contribution in [3.63, 3.8) is 0 Å². The fourth-order valence-corrected chi connectivity index (χ4v) is 1.16. The Morgan fingerprint density at radius 1 is 1.19 bits per heavy atom. The lowest BCUT2D eigenvalue weighted by atomic mass is 10.1. The molecular formula is C12H10N4. The Hall–Kier alpha value is -2.51. The Kier molecular flexibility index (Phi) is 3.90. The van der Waals surface area contributed by atoms with Crippen molar-refractivity contribution in [1.82, 2.24) is 0 Å². The van der Waals surface area contributed by atoms with E-state index in [1.165, 1.54) is 0 Å². The minimum absolute atomic E-state index is 0.0961. The van der Waals surface area contributed by atoms with E-state index in [9.17, 15) is 0 Å². The SMILES string of the molecule is CC(C#N)CNc1ccc(C#N)c(C#N)c1. The van der Waals surface area contributed by atoms with Gasteiger partial charge in [-0.2, -0.15) is 15.8 Å². The zero-order valence-electron chi connectivity index (χ0n) is 8.86. The van der Waals surface area contributed by atoms with Crippen LogP contribution in [0, 0.1) is 39.9 Å². The maximum absolute atomic E-state index is 8.82. The molecule has 0 heterocycles. The Balaban J connectivity index is 2.82. The molecule has 1 N–H and O–H groups in total. The molecule has 1 aromatic rings. The molecule has 1 atom stereocenters. The largest absolute Gasteiger partial charge is 0.384 e. The second kappa shape index (κ2) is 5.39. The number of rotatable bonds is 3. The summed E-state index contributed by atoms with van der Waals surface area (Å²) in [6, 6.07) is 10.9. The number of benzene rings is 1. The number of nitrogens with zero attached hydrogens (tertiary/aromatic N) is 3. The normalized spacial score (nSPS) is 10.6. The minimum atomic E-state index is -0.0961. The van der Waals surface area contributed by atoms with Crippen molar-refractivity contribution in [3.05, 3.63) is 29.3 Å². The first kappa shape index (κ1) is 11.6. The third-order valence-electron chi connectivity index (χ3n) is 2.09. The van der Waals surface area contributed by atoms with Gasteiger partial charge in [0.25, 0.3) is 0 Å². The summed E-state index contributed by atoms with van der Waals surface area (Å²) in [6.45, 7) is 2.33. The maximum Gasteiger partial charge on any atom is 0.101 e. The smallest absolute Gasteiger partial charge is 0.101 e. The van der Waals surface area contributed by atoms with Crippen LogP contribution in [-0.2, 0) is 0 Å². The van der Waals surface area contributed by atoms with Gasteiger partial charge < -0.3 is 5.32 Å². The highest BCUT2D eigenvalue weighted by Gasteiger charge is 2.03. The number of hydrogen-bond donors (Lipinski definition) is 1. The van der Waals surface area contributed by atoms with Crippen molar-refractivity contribution in [2.24, 2.45) is 5.92 Å². The number of nitriles is 3. The van der Waals surface area contributed by atoms with Gasteiger partial charge in [-0.3, -0.25) is 0 Å². The van der Waals surface area contributed by atoms with Crippen LogP contribution in [0.5, 0.6) is 0 Å². The van der Waals surface area contributed by atoms with Crippen molar-refractivity contribution < 1.29 is 0 Å². The lowest BCUT2D eigenvalue weighted by Crippen LogP contribution is -2.09. The van der Waals surface area contributed by atoms with Gasteiger partial charge in [0, 0.05) is 12.2 Å². The molecular weight excluding hydrogens is 200 g/mol. The second-order valence-electron chi connectivity index (χ2n) is 3.40. The van der Waals surface area contributed by atoms with Crippen LogP contribution in [0.2, 0.25) is 0 Å². The van der Waals surface area contributed by atoms with Crippen molar-refractivity contribution in [1.29, 1.82) is 15.8 Å². The fourth-order valence-electron chi connectivity index (χ4n) is 1.16. The second-order valence-corrected chi connectivity index (χ2v) is 3.40. The molecule has 0 saturated heterocycles. The van der Waals surface area contributed by atoms with Crippen molar-refractivity contribution in [2.45, 2.75) is 6.92 Å². The van der Waals surface area contributed by atoms with Crippen molar-refractivity contribution in [2.75, 3.05) is 11.9 Å². The summed E-state index contributed by atoms with van der Waals surface area (Å²) in [6.07, 6.45) is 0. The van der Waals surface area contributed by atoms with E-state index in [-0.39, 0.29) is 5.92 Å². The first-order valence-corrected chi connectivity index (χ1v) is 4.79. The molecule has 0 aliphatic rings. The van der Waals surface area contributed by atoms with Gasteiger partial charge in [0.05, 0.1) is 23.1 Å². The van der Waals surface area contributed by atoms with Gasteiger partial charge >= 0.3 is 0 Å². The zero-order valence-corrected chi connectivity index (χ0v) is 8.86. The van der Waals surface area contributed by atoms with E-state index in [0.717, 1.165) is 5.69 Å². The molecule has 1 aromatic carbocycles. The molecule has 1 unspecified atom stereocenters. The summed E-state index contributed by atoms with van der Waals surface area (Å²) in [5, 5.41) is 29.2. The van der Waals surface area contributed by atoms with Gasteiger partial charge in [-0.1, -0.05) is 0 Å². The molecule has 1 rings (SSSR count). The van der Waals surface area contributed by atoms with Crippen molar-refractivity contribution in [3.8, 4) is 18.2 Å². The molecule has 0 radical (unpaired) electrons. The summed E-state index contributed by atoms with van der Waals surface area (Å²) in [5.41, 5.74) is 1.45. The van der Waals surface area contributed by atoms with Crippen LogP contribution >= 0.6 is 0 Å². The average molecular weight is 210 g/mol. The molecule has 0 aromatic heterocycles. The molecule has 0 fully saturated rings. The standard InChI is InChI=1S/C12H10N4/c1-9(5-13)8-16-12-3-2-10(6-14)11(4-12)7-15/h2-4,9,16H,8H2,1H3. The summed E-state index contributed by atoms with van der Waals surface area (Å²) in [7, 11) is 0. The first-order valence-electron chi connectivity index (χ1n) is 4.79. The fraction of sp³-hybridized carbons (Fsp3) is 0.250. The number of nitrogens with one attached hydrogen (secondary N) is 1. The Morgan fingerprint density at radius 3 is 2.44 bits per heavy atom. The van der Waals surface area contributed by atoms with Crippen LogP contribution in [0.4, 0.5) is 5.69 Å². The minimum Gasteiger partial charge on any atom is -0.384 e. The predicted octanol–water partition coefficient (Wildman–Crippen LogP) is 2.00. The van der Waals surface area contributed by atoms with E-state index in [0.29, 0.717) is 17.7 Å². The van der Waals surface area contributed by atoms with Crippen LogP contribution in [0.3, 0.4) is 0 Å². The molecule has 4 nitrogen and oxygen atoms in total. The predicted molar refractivity (Wildman–Crippen MR) is 59.1 cm³/mol. The lowest BCUT2D eigenvalue weighted by Gasteiger charge is -2.07. The molecule has 0 spiro atoms. The molecule has 0 saturated carbocycles. The van der Waals surface area contributed by atoms with E-state index < -0.39 is 0 Å².